The first-order chi connectivity index (χ1) is 11.2. The van der Waals surface area contributed by atoms with Gasteiger partial charge in [0.15, 0.2) is 0 Å². The lowest BCUT2D eigenvalue weighted by molar-refractivity contribution is 0.216. The van der Waals surface area contributed by atoms with Gasteiger partial charge in [0.05, 0.1) is 0 Å². The van der Waals surface area contributed by atoms with Crippen LogP contribution in [0, 0.1) is 0 Å². The first-order valence-corrected chi connectivity index (χ1v) is 8.43. The van der Waals surface area contributed by atoms with Crippen molar-refractivity contribution in [3.05, 3.63) is 58.6 Å². The second-order valence-corrected chi connectivity index (χ2v) is 5.82. The Labute approximate surface area is 143 Å². The van der Waals surface area contributed by atoms with Gasteiger partial charge >= 0.3 is 0 Å². The molecule has 3 nitrogen and oxygen atoms in total. The van der Waals surface area contributed by atoms with Crippen LogP contribution >= 0.6 is 11.6 Å². The van der Waals surface area contributed by atoms with E-state index in [2.05, 4.69) is 19.1 Å². The lowest BCUT2D eigenvalue weighted by Crippen LogP contribution is -2.11. The minimum absolute atomic E-state index is 0.482. The largest absolute Gasteiger partial charge is 0.490 e. The van der Waals surface area contributed by atoms with Gasteiger partial charge in [0.1, 0.15) is 24.7 Å². The molecule has 0 aliphatic carbocycles. The van der Waals surface area contributed by atoms with E-state index in [1.165, 1.54) is 5.56 Å². The van der Waals surface area contributed by atoms with Crippen molar-refractivity contribution in [2.75, 3.05) is 19.8 Å². The molecule has 0 bridgehead atoms. The summed E-state index contributed by atoms with van der Waals surface area (Å²) in [6.07, 6.45) is 3.00. The van der Waals surface area contributed by atoms with E-state index in [4.69, 9.17) is 26.8 Å². The lowest BCUT2D eigenvalue weighted by atomic mass is 10.1. The van der Waals surface area contributed by atoms with E-state index in [1.807, 2.05) is 30.3 Å². The summed E-state index contributed by atoms with van der Waals surface area (Å²) >= 11 is 6.01. The Morgan fingerprint density at radius 2 is 1.70 bits per heavy atom. The van der Waals surface area contributed by atoms with Gasteiger partial charge in [-0.25, -0.2) is 0 Å². The molecule has 0 fully saturated rings. The van der Waals surface area contributed by atoms with Crippen LogP contribution in [0.4, 0.5) is 0 Å². The van der Waals surface area contributed by atoms with E-state index in [-0.39, 0.29) is 0 Å². The third-order valence-electron chi connectivity index (χ3n) is 3.51. The van der Waals surface area contributed by atoms with E-state index >= 15 is 0 Å². The number of ether oxygens (including phenoxy) is 2. The number of hydrogen-bond acceptors (Lipinski definition) is 3. The topological polar surface area (TPSA) is 44.5 Å². The highest BCUT2D eigenvalue weighted by atomic mass is 35.5. The summed E-state index contributed by atoms with van der Waals surface area (Å²) in [6.45, 7) is 3.72. The maximum absolute atomic E-state index is 6.01. The summed E-state index contributed by atoms with van der Waals surface area (Å²) < 4.78 is 11.5. The molecular weight excluding hydrogens is 310 g/mol. The van der Waals surface area contributed by atoms with Crippen molar-refractivity contribution in [1.82, 2.24) is 0 Å². The zero-order valence-electron chi connectivity index (χ0n) is 13.6. The normalized spacial score (nSPS) is 10.6. The first kappa shape index (κ1) is 17.6. The molecule has 124 valence electrons. The average molecular weight is 334 g/mol. The molecule has 0 radical (unpaired) electrons. The van der Waals surface area contributed by atoms with E-state index in [0.717, 1.165) is 36.3 Å². The summed E-state index contributed by atoms with van der Waals surface area (Å²) in [6, 6.07) is 13.8. The van der Waals surface area contributed by atoms with Crippen LogP contribution < -0.4 is 15.2 Å². The van der Waals surface area contributed by atoms with Crippen molar-refractivity contribution in [3.8, 4) is 11.5 Å². The van der Waals surface area contributed by atoms with Crippen LogP contribution in [0.25, 0.3) is 0 Å². The molecule has 2 aromatic rings. The van der Waals surface area contributed by atoms with Crippen LogP contribution in [-0.2, 0) is 12.8 Å². The molecule has 2 N–H and O–H groups in total. The van der Waals surface area contributed by atoms with Crippen LogP contribution in [0.15, 0.2) is 42.5 Å². The maximum Gasteiger partial charge on any atom is 0.122 e. The van der Waals surface area contributed by atoms with Gasteiger partial charge in [-0.2, -0.15) is 0 Å². The Hall–Kier alpha value is -1.71. The SMILES string of the molecule is CCCc1ccc(OCCOc2ccc(Cl)cc2CCN)cc1. The van der Waals surface area contributed by atoms with E-state index < -0.39 is 0 Å². The van der Waals surface area contributed by atoms with Gasteiger partial charge in [0, 0.05) is 5.02 Å². The number of rotatable bonds is 9. The molecule has 2 aromatic carbocycles. The predicted octanol–water partition coefficient (Wildman–Crippen LogP) is 4.25. The molecule has 0 atom stereocenters. The standard InChI is InChI=1S/C19H24ClNO2/c1-2-3-15-4-7-18(8-5-15)22-12-13-23-19-9-6-17(20)14-16(19)10-11-21/h4-9,14H,2-3,10-13,21H2,1H3. The molecule has 0 aliphatic heterocycles. The smallest absolute Gasteiger partial charge is 0.122 e. The highest BCUT2D eigenvalue weighted by Gasteiger charge is 2.04. The summed E-state index contributed by atoms with van der Waals surface area (Å²) in [5.41, 5.74) is 7.99. The molecule has 0 aromatic heterocycles. The van der Waals surface area contributed by atoms with Crippen LogP contribution in [0.3, 0.4) is 0 Å². The minimum Gasteiger partial charge on any atom is -0.490 e. The van der Waals surface area contributed by atoms with E-state index in [1.54, 1.807) is 0 Å². The fourth-order valence-electron chi connectivity index (χ4n) is 2.39. The molecule has 2 rings (SSSR count). The maximum atomic E-state index is 6.01. The Kier molecular flexibility index (Phi) is 7.24. The second kappa shape index (κ2) is 9.43. The van der Waals surface area contributed by atoms with E-state index in [9.17, 15) is 0 Å². The summed E-state index contributed by atoms with van der Waals surface area (Å²) in [5, 5.41) is 0.698. The number of halogens is 1. The molecule has 0 aliphatic rings. The van der Waals surface area contributed by atoms with Gasteiger partial charge in [-0.3, -0.25) is 0 Å². The summed E-state index contributed by atoms with van der Waals surface area (Å²) in [7, 11) is 0. The van der Waals surface area contributed by atoms with Crippen molar-refractivity contribution < 1.29 is 9.47 Å². The quantitative estimate of drug-likeness (QED) is 0.698. The fourth-order valence-corrected chi connectivity index (χ4v) is 2.59. The molecule has 0 heterocycles. The first-order valence-electron chi connectivity index (χ1n) is 8.06. The van der Waals surface area contributed by atoms with Gasteiger partial charge in [0.2, 0.25) is 0 Å². The van der Waals surface area contributed by atoms with Gasteiger partial charge in [-0.05, 0) is 60.8 Å². The van der Waals surface area contributed by atoms with Crippen LogP contribution in [-0.4, -0.2) is 19.8 Å². The predicted molar refractivity (Wildman–Crippen MR) is 95.6 cm³/mol. The monoisotopic (exact) mass is 333 g/mol. The number of nitrogens with two attached hydrogens (primary N) is 1. The lowest BCUT2D eigenvalue weighted by Gasteiger charge is -2.12. The molecule has 0 unspecified atom stereocenters. The van der Waals surface area contributed by atoms with E-state index in [0.29, 0.717) is 24.8 Å². The molecule has 0 spiro atoms. The number of aryl methyl sites for hydroxylation is 1. The Morgan fingerprint density at radius 1 is 0.957 bits per heavy atom. The van der Waals surface area contributed by atoms with Gasteiger partial charge in [0.25, 0.3) is 0 Å². The van der Waals surface area contributed by atoms with Crippen LogP contribution in [0.5, 0.6) is 11.5 Å². The second-order valence-electron chi connectivity index (χ2n) is 5.38. The molecule has 4 heteroatoms. The molecule has 23 heavy (non-hydrogen) atoms. The van der Waals surface area contributed by atoms with Crippen molar-refractivity contribution in [1.29, 1.82) is 0 Å². The average Bonchev–Trinajstić information content (AvgIpc) is 2.55. The van der Waals surface area contributed by atoms with Crippen molar-refractivity contribution in [2.24, 2.45) is 5.73 Å². The summed E-state index contributed by atoms with van der Waals surface area (Å²) in [5.74, 6) is 1.69. The van der Waals surface area contributed by atoms with Crippen LogP contribution in [0.1, 0.15) is 24.5 Å². The third kappa shape index (κ3) is 5.77. The zero-order chi connectivity index (χ0) is 16.5. The Morgan fingerprint density at radius 3 is 2.39 bits per heavy atom. The van der Waals surface area contributed by atoms with Gasteiger partial charge in [-0.1, -0.05) is 37.1 Å². The number of hydrogen-bond donors (Lipinski definition) is 1. The Balaban J connectivity index is 1.81. The zero-order valence-corrected chi connectivity index (χ0v) is 14.3. The Bertz CT molecular complexity index is 599. The van der Waals surface area contributed by atoms with Gasteiger partial charge in [-0.15, -0.1) is 0 Å². The van der Waals surface area contributed by atoms with Gasteiger partial charge < -0.3 is 15.2 Å². The molecule has 0 saturated heterocycles. The highest BCUT2D eigenvalue weighted by Crippen LogP contribution is 2.23. The van der Waals surface area contributed by atoms with Crippen molar-refractivity contribution >= 4 is 11.6 Å². The molecular formula is C19H24ClNO2. The highest BCUT2D eigenvalue weighted by molar-refractivity contribution is 6.30. The summed E-state index contributed by atoms with van der Waals surface area (Å²) in [4.78, 5) is 0. The third-order valence-corrected chi connectivity index (χ3v) is 3.74. The number of benzene rings is 2. The minimum atomic E-state index is 0.482. The van der Waals surface area contributed by atoms with Crippen molar-refractivity contribution in [3.63, 3.8) is 0 Å². The molecule has 0 amide bonds. The van der Waals surface area contributed by atoms with Crippen LogP contribution in [0.2, 0.25) is 5.02 Å². The fraction of sp³-hybridized carbons (Fsp3) is 0.368. The van der Waals surface area contributed by atoms with Crippen molar-refractivity contribution in [2.45, 2.75) is 26.2 Å². The molecule has 0 saturated carbocycles.